The lowest BCUT2D eigenvalue weighted by molar-refractivity contribution is -0.137. The summed E-state index contributed by atoms with van der Waals surface area (Å²) >= 11 is 3.33. The number of halogens is 4. The minimum absolute atomic E-state index is 0.156. The Morgan fingerprint density at radius 3 is 2.29 bits per heavy atom. The maximum Gasteiger partial charge on any atom is 0.416 e. The Balaban J connectivity index is 2.27. The molecule has 8 heteroatoms. The van der Waals surface area contributed by atoms with Crippen LogP contribution in [0.15, 0.2) is 36.4 Å². The van der Waals surface area contributed by atoms with E-state index in [2.05, 4.69) is 25.7 Å². The van der Waals surface area contributed by atoms with Crippen molar-refractivity contribution in [1.82, 2.24) is 4.98 Å². The fourth-order valence-corrected chi connectivity index (χ4v) is 2.28. The summed E-state index contributed by atoms with van der Waals surface area (Å²) in [6.45, 7) is 1.77. The lowest BCUT2D eigenvalue weighted by atomic mass is 10.1. The van der Waals surface area contributed by atoms with Crippen molar-refractivity contribution in [2.24, 2.45) is 0 Å². The molecule has 0 bridgehead atoms. The van der Waals surface area contributed by atoms with Crippen molar-refractivity contribution in [3.63, 3.8) is 0 Å². The molecule has 4 nitrogen and oxygen atoms in total. The number of rotatable bonds is 4. The number of pyridine rings is 1. The first kappa shape index (κ1) is 18.3. The van der Waals surface area contributed by atoms with Gasteiger partial charge in [-0.25, -0.2) is 9.78 Å². The van der Waals surface area contributed by atoms with Gasteiger partial charge >= 0.3 is 12.1 Å². The first-order valence-electron chi connectivity index (χ1n) is 6.81. The van der Waals surface area contributed by atoms with Crippen LogP contribution >= 0.6 is 15.9 Å². The fourth-order valence-electron chi connectivity index (χ4n) is 1.93. The van der Waals surface area contributed by atoms with Gasteiger partial charge in [-0.2, -0.15) is 13.2 Å². The second-order valence-corrected chi connectivity index (χ2v) is 6.19. The Kier molecular flexibility index (Phi) is 5.48. The molecule has 0 radical (unpaired) electrons. The van der Waals surface area contributed by atoms with Crippen molar-refractivity contribution in [3.8, 4) is 11.6 Å². The first-order chi connectivity index (χ1) is 11.2. The number of aromatic nitrogens is 1. The quantitative estimate of drug-likeness (QED) is 0.524. The van der Waals surface area contributed by atoms with Gasteiger partial charge in [0.1, 0.15) is 5.75 Å². The molecule has 2 rings (SSSR count). The highest BCUT2D eigenvalue weighted by Gasteiger charge is 2.30. The zero-order valence-electron chi connectivity index (χ0n) is 12.7. The average Bonchev–Trinajstić information content (AvgIpc) is 2.53. The summed E-state index contributed by atoms with van der Waals surface area (Å²) in [7, 11) is 1.26. The summed E-state index contributed by atoms with van der Waals surface area (Å²) in [4.78, 5) is 15.7. The highest BCUT2D eigenvalue weighted by atomic mass is 79.9. The predicted molar refractivity (Wildman–Crippen MR) is 84.4 cm³/mol. The maximum atomic E-state index is 12.5. The number of hydrogen-bond acceptors (Lipinski definition) is 4. The summed E-state index contributed by atoms with van der Waals surface area (Å²) in [5.41, 5.74) is -0.0773. The molecular formula is C16H13BrF3NO3. The number of benzene rings is 1. The Bertz CT molecular complexity index is 730. The van der Waals surface area contributed by atoms with E-state index in [1.165, 1.54) is 31.4 Å². The summed E-state index contributed by atoms with van der Waals surface area (Å²) in [5.74, 6) is -0.178. The van der Waals surface area contributed by atoms with E-state index >= 15 is 0 Å². The highest BCUT2D eigenvalue weighted by molar-refractivity contribution is 9.09. The van der Waals surface area contributed by atoms with E-state index in [0.29, 0.717) is 5.69 Å². The van der Waals surface area contributed by atoms with Crippen molar-refractivity contribution >= 4 is 21.9 Å². The minimum Gasteiger partial charge on any atom is -0.465 e. The number of nitrogens with zero attached hydrogens (tertiary/aromatic N) is 1. The zero-order valence-corrected chi connectivity index (χ0v) is 14.3. The Morgan fingerprint density at radius 1 is 1.17 bits per heavy atom. The smallest absolute Gasteiger partial charge is 0.416 e. The van der Waals surface area contributed by atoms with Crippen LogP contribution in [-0.2, 0) is 10.9 Å². The molecule has 1 atom stereocenters. The molecular weight excluding hydrogens is 391 g/mol. The van der Waals surface area contributed by atoms with Gasteiger partial charge in [0, 0.05) is 6.07 Å². The third-order valence-electron chi connectivity index (χ3n) is 3.09. The molecule has 1 aromatic heterocycles. The monoisotopic (exact) mass is 403 g/mol. The number of alkyl halides is 4. The normalized spacial score (nSPS) is 12.6. The third-order valence-corrected chi connectivity index (χ3v) is 3.52. The van der Waals surface area contributed by atoms with Crippen molar-refractivity contribution in [2.75, 3.05) is 7.11 Å². The molecule has 0 N–H and O–H groups in total. The second kappa shape index (κ2) is 7.21. The van der Waals surface area contributed by atoms with Crippen LogP contribution in [0.5, 0.6) is 11.6 Å². The number of hydrogen-bond donors (Lipinski definition) is 0. The average molecular weight is 404 g/mol. The van der Waals surface area contributed by atoms with E-state index in [9.17, 15) is 18.0 Å². The van der Waals surface area contributed by atoms with Gasteiger partial charge in [0.15, 0.2) is 0 Å². The molecule has 1 unspecified atom stereocenters. The summed E-state index contributed by atoms with van der Waals surface area (Å²) in [5, 5.41) is 0. The Labute approximate surface area is 144 Å². The van der Waals surface area contributed by atoms with Crippen LogP contribution in [-0.4, -0.2) is 18.1 Å². The first-order valence-corrected chi connectivity index (χ1v) is 7.72. The fraction of sp³-hybridized carbons (Fsp3) is 0.250. The zero-order chi connectivity index (χ0) is 17.9. The van der Waals surface area contributed by atoms with Crippen molar-refractivity contribution in [1.29, 1.82) is 0 Å². The molecule has 24 heavy (non-hydrogen) atoms. The number of esters is 1. The summed E-state index contributed by atoms with van der Waals surface area (Å²) in [6.07, 6.45) is -4.41. The predicted octanol–water partition coefficient (Wildman–Crippen LogP) is 5.14. The van der Waals surface area contributed by atoms with E-state index in [1.54, 1.807) is 6.92 Å². The lowest BCUT2D eigenvalue weighted by Gasteiger charge is -2.12. The van der Waals surface area contributed by atoms with Gasteiger partial charge in [0.25, 0.3) is 0 Å². The van der Waals surface area contributed by atoms with Crippen LogP contribution in [0.4, 0.5) is 13.2 Å². The van der Waals surface area contributed by atoms with Gasteiger partial charge in [-0.05, 0) is 37.3 Å². The van der Waals surface area contributed by atoms with Crippen LogP contribution in [0, 0.1) is 0 Å². The molecule has 0 saturated carbocycles. The lowest BCUT2D eigenvalue weighted by Crippen LogP contribution is -2.08. The van der Waals surface area contributed by atoms with E-state index in [1.807, 2.05) is 0 Å². The molecule has 0 fully saturated rings. The van der Waals surface area contributed by atoms with Crippen LogP contribution < -0.4 is 4.74 Å². The van der Waals surface area contributed by atoms with Crippen molar-refractivity contribution in [2.45, 2.75) is 17.9 Å². The Morgan fingerprint density at radius 2 is 1.79 bits per heavy atom. The van der Waals surface area contributed by atoms with Gasteiger partial charge in [0.2, 0.25) is 5.88 Å². The molecule has 128 valence electrons. The van der Waals surface area contributed by atoms with E-state index in [4.69, 9.17) is 4.74 Å². The van der Waals surface area contributed by atoms with Gasteiger partial charge in [-0.15, -0.1) is 0 Å². The summed E-state index contributed by atoms with van der Waals surface area (Å²) in [6, 6.07) is 7.19. The van der Waals surface area contributed by atoms with Crippen LogP contribution in [0.3, 0.4) is 0 Å². The van der Waals surface area contributed by atoms with E-state index < -0.39 is 17.7 Å². The number of ether oxygens (including phenoxy) is 2. The minimum atomic E-state index is -4.41. The molecule has 0 spiro atoms. The molecule has 0 amide bonds. The molecule has 1 heterocycles. The topological polar surface area (TPSA) is 48.4 Å². The van der Waals surface area contributed by atoms with Gasteiger partial charge in [0.05, 0.1) is 28.8 Å². The molecule has 0 aliphatic rings. The number of methoxy groups -OCH3 is 1. The SMILES string of the molecule is COC(=O)c1ccc(Oc2ccc(C(F)(F)F)cc2)nc1C(C)Br. The van der Waals surface area contributed by atoms with Crippen LogP contribution in [0.2, 0.25) is 0 Å². The van der Waals surface area contributed by atoms with Gasteiger partial charge in [-0.3, -0.25) is 0 Å². The maximum absolute atomic E-state index is 12.5. The van der Waals surface area contributed by atoms with E-state index in [-0.39, 0.29) is 22.0 Å². The third kappa shape index (κ3) is 4.25. The van der Waals surface area contributed by atoms with E-state index in [0.717, 1.165) is 12.1 Å². The largest absolute Gasteiger partial charge is 0.465 e. The Hall–Kier alpha value is -2.09. The molecule has 0 aliphatic carbocycles. The molecule has 0 aliphatic heterocycles. The van der Waals surface area contributed by atoms with Gasteiger partial charge < -0.3 is 9.47 Å². The van der Waals surface area contributed by atoms with Crippen molar-refractivity contribution < 1.29 is 27.4 Å². The summed E-state index contributed by atoms with van der Waals surface area (Å²) < 4.78 is 47.8. The second-order valence-electron chi connectivity index (χ2n) is 4.81. The van der Waals surface area contributed by atoms with Crippen molar-refractivity contribution in [3.05, 3.63) is 53.2 Å². The molecule has 0 saturated heterocycles. The van der Waals surface area contributed by atoms with Crippen LogP contribution in [0.1, 0.15) is 33.4 Å². The molecule has 2 aromatic rings. The molecule has 1 aromatic carbocycles. The number of carbonyl (C=O) groups excluding carboxylic acids is 1. The highest BCUT2D eigenvalue weighted by Crippen LogP contribution is 2.32. The standard InChI is InChI=1S/C16H13BrF3NO3/c1-9(17)14-12(15(22)23-2)7-8-13(21-14)24-11-5-3-10(4-6-11)16(18,19)20/h3-9H,1-2H3. The van der Waals surface area contributed by atoms with Crippen LogP contribution in [0.25, 0.3) is 0 Å². The number of carbonyl (C=O) groups is 1. The van der Waals surface area contributed by atoms with Gasteiger partial charge in [-0.1, -0.05) is 15.9 Å².